The minimum absolute atomic E-state index is 0.260. The fraction of sp³-hybridized carbons (Fsp3) is 0.250. The number of carbonyl (C=O) groups excluding carboxylic acids is 1. The van der Waals surface area contributed by atoms with Gasteiger partial charge in [-0.1, -0.05) is 36.4 Å². The fourth-order valence-corrected chi connectivity index (χ4v) is 3.49. The SMILES string of the molecule is COCCCNC(=O)c1cc2c(=O)n3cccc(C)c3nc2nc1NCc1ccccc1. The van der Waals surface area contributed by atoms with Gasteiger partial charge in [-0.25, -0.2) is 9.97 Å². The topological polar surface area (TPSA) is 97.6 Å². The highest BCUT2D eigenvalue weighted by Crippen LogP contribution is 2.20. The zero-order valence-corrected chi connectivity index (χ0v) is 18.1. The average Bonchev–Trinajstić information content (AvgIpc) is 2.81. The van der Waals surface area contributed by atoms with Crippen LogP contribution in [0.25, 0.3) is 16.7 Å². The van der Waals surface area contributed by atoms with Crippen LogP contribution in [0.5, 0.6) is 0 Å². The quantitative estimate of drug-likeness (QED) is 0.329. The third kappa shape index (κ3) is 4.45. The molecule has 8 heteroatoms. The van der Waals surface area contributed by atoms with E-state index in [9.17, 15) is 9.59 Å². The molecule has 4 aromatic rings. The molecule has 0 aliphatic rings. The van der Waals surface area contributed by atoms with Crippen molar-refractivity contribution in [1.82, 2.24) is 19.7 Å². The Morgan fingerprint density at radius 1 is 1.12 bits per heavy atom. The Kier molecular flexibility index (Phi) is 6.42. The lowest BCUT2D eigenvalue weighted by molar-refractivity contribution is 0.0949. The molecule has 0 aliphatic carbocycles. The van der Waals surface area contributed by atoms with Crippen LogP contribution in [0.1, 0.15) is 27.9 Å². The molecule has 0 spiro atoms. The number of methoxy groups -OCH3 is 1. The summed E-state index contributed by atoms with van der Waals surface area (Å²) in [7, 11) is 1.62. The summed E-state index contributed by atoms with van der Waals surface area (Å²) in [4.78, 5) is 35.3. The van der Waals surface area contributed by atoms with Gasteiger partial charge in [0.25, 0.3) is 11.5 Å². The fourth-order valence-electron chi connectivity index (χ4n) is 3.49. The van der Waals surface area contributed by atoms with E-state index in [2.05, 4.69) is 20.6 Å². The van der Waals surface area contributed by atoms with Gasteiger partial charge in [-0.15, -0.1) is 0 Å². The van der Waals surface area contributed by atoms with Crippen molar-refractivity contribution in [2.75, 3.05) is 25.6 Å². The van der Waals surface area contributed by atoms with E-state index in [1.165, 1.54) is 4.40 Å². The Hall–Kier alpha value is -3.78. The van der Waals surface area contributed by atoms with Crippen LogP contribution in [0, 0.1) is 6.92 Å². The molecule has 8 nitrogen and oxygen atoms in total. The molecule has 4 rings (SSSR count). The van der Waals surface area contributed by atoms with E-state index in [1.54, 1.807) is 25.4 Å². The predicted molar refractivity (Wildman–Crippen MR) is 124 cm³/mol. The highest BCUT2D eigenvalue weighted by molar-refractivity contribution is 6.01. The van der Waals surface area contributed by atoms with E-state index in [0.29, 0.717) is 54.2 Å². The zero-order chi connectivity index (χ0) is 22.5. The number of nitrogens with zero attached hydrogens (tertiary/aromatic N) is 3. The normalized spacial score (nSPS) is 11.1. The van der Waals surface area contributed by atoms with E-state index in [-0.39, 0.29) is 11.5 Å². The van der Waals surface area contributed by atoms with E-state index in [1.807, 2.05) is 43.3 Å². The van der Waals surface area contributed by atoms with Gasteiger partial charge in [0.05, 0.1) is 10.9 Å². The molecule has 0 saturated heterocycles. The number of hydrogen-bond acceptors (Lipinski definition) is 6. The zero-order valence-electron chi connectivity index (χ0n) is 18.1. The highest BCUT2D eigenvalue weighted by Gasteiger charge is 2.18. The number of pyridine rings is 2. The molecule has 32 heavy (non-hydrogen) atoms. The third-order valence-electron chi connectivity index (χ3n) is 5.18. The number of carbonyl (C=O) groups is 1. The second-order valence-electron chi connectivity index (χ2n) is 7.50. The van der Waals surface area contributed by atoms with Gasteiger partial charge < -0.3 is 15.4 Å². The molecular weight excluding hydrogens is 406 g/mol. The number of hydrogen-bond donors (Lipinski definition) is 2. The summed E-state index contributed by atoms with van der Waals surface area (Å²) < 4.78 is 6.52. The number of ether oxygens (including phenoxy) is 1. The van der Waals surface area contributed by atoms with Crippen LogP contribution in [-0.4, -0.2) is 40.5 Å². The molecular formula is C24H25N5O3. The van der Waals surface area contributed by atoms with Crippen LogP contribution in [0.2, 0.25) is 0 Å². The van der Waals surface area contributed by atoms with E-state index >= 15 is 0 Å². The standard InChI is InChI=1S/C24H25N5O3/c1-16-8-6-12-29-22(16)28-21-19(24(29)31)14-18(23(30)25-11-7-13-32-2)20(27-21)26-15-17-9-4-3-5-10-17/h3-6,8-10,12,14H,7,11,13,15H2,1-2H3,(H,25,30)(H,26,27). The van der Waals surface area contributed by atoms with E-state index in [0.717, 1.165) is 11.1 Å². The van der Waals surface area contributed by atoms with Crippen LogP contribution < -0.4 is 16.2 Å². The number of amides is 1. The van der Waals surface area contributed by atoms with Gasteiger partial charge >= 0.3 is 0 Å². The monoisotopic (exact) mass is 431 g/mol. The minimum Gasteiger partial charge on any atom is -0.385 e. The molecule has 3 aromatic heterocycles. The van der Waals surface area contributed by atoms with Crippen molar-refractivity contribution in [2.45, 2.75) is 19.9 Å². The summed E-state index contributed by atoms with van der Waals surface area (Å²) in [5.74, 6) is 0.0789. The second kappa shape index (κ2) is 9.57. The first kappa shape index (κ1) is 21.5. The molecule has 3 heterocycles. The molecule has 2 N–H and O–H groups in total. The average molecular weight is 431 g/mol. The van der Waals surface area contributed by atoms with E-state index < -0.39 is 0 Å². The molecule has 0 atom stereocenters. The summed E-state index contributed by atoms with van der Waals surface area (Å²) in [5, 5.41) is 6.41. The molecule has 0 fully saturated rings. The molecule has 0 aliphatic heterocycles. The Bertz CT molecular complexity index is 1320. The smallest absolute Gasteiger partial charge is 0.267 e. The molecule has 0 bridgehead atoms. The third-order valence-corrected chi connectivity index (χ3v) is 5.18. The molecule has 0 unspecified atom stereocenters. The minimum atomic E-state index is -0.306. The maximum Gasteiger partial charge on any atom is 0.267 e. The lowest BCUT2D eigenvalue weighted by atomic mass is 10.1. The largest absolute Gasteiger partial charge is 0.385 e. The van der Waals surface area contributed by atoms with E-state index in [4.69, 9.17) is 4.74 Å². The van der Waals surface area contributed by atoms with Crippen LogP contribution in [0.15, 0.2) is 59.5 Å². The summed E-state index contributed by atoms with van der Waals surface area (Å²) >= 11 is 0. The predicted octanol–water partition coefficient (Wildman–Crippen LogP) is 2.93. The molecule has 0 radical (unpaired) electrons. The van der Waals surface area contributed by atoms with Gasteiger partial charge in [0.2, 0.25) is 0 Å². The number of benzene rings is 1. The lowest BCUT2D eigenvalue weighted by Gasteiger charge is -2.13. The number of nitrogens with one attached hydrogen (secondary N) is 2. The number of aromatic nitrogens is 3. The lowest BCUT2D eigenvalue weighted by Crippen LogP contribution is -2.27. The number of fused-ring (bicyclic) bond motifs is 2. The first-order valence-corrected chi connectivity index (χ1v) is 10.5. The number of rotatable bonds is 8. The van der Waals surface area contributed by atoms with Crippen molar-refractivity contribution >= 4 is 28.4 Å². The van der Waals surface area contributed by atoms with Crippen LogP contribution in [0.4, 0.5) is 5.82 Å². The maximum atomic E-state index is 13.1. The highest BCUT2D eigenvalue weighted by atomic mass is 16.5. The summed E-state index contributed by atoms with van der Waals surface area (Å²) in [6.07, 6.45) is 2.35. The van der Waals surface area contributed by atoms with Gasteiger partial charge in [-0.05, 0) is 36.6 Å². The maximum absolute atomic E-state index is 13.1. The van der Waals surface area contributed by atoms with Crippen LogP contribution >= 0.6 is 0 Å². The van der Waals surface area contributed by atoms with Gasteiger partial charge in [-0.2, -0.15) is 0 Å². The van der Waals surface area contributed by atoms with Crippen LogP contribution in [0.3, 0.4) is 0 Å². The summed E-state index contributed by atoms with van der Waals surface area (Å²) in [6, 6.07) is 15.1. The van der Waals surface area contributed by atoms with Crippen molar-refractivity contribution in [3.05, 3.63) is 81.8 Å². The first-order valence-electron chi connectivity index (χ1n) is 10.5. The summed E-state index contributed by atoms with van der Waals surface area (Å²) in [6.45, 7) is 3.38. The van der Waals surface area contributed by atoms with Crippen molar-refractivity contribution in [1.29, 1.82) is 0 Å². The molecule has 1 aromatic carbocycles. The van der Waals surface area contributed by atoms with Crippen molar-refractivity contribution in [3.8, 4) is 0 Å². The first-order chi connectivity index (χ1) is 15.6. The number of aryl methyl sites for hydroxylation is 1. The van der Waals surface area contributed by atoms with Gasteiger partial charge in [0.1, 0.15) is 11.5 Å². The Morgan fingerprint density at radius 2 is 1.94 bits per heavy atom. The van der Waals surface area contributed by atoms with Crippen LogP contribution in [-0.2, 0) is 11.3 Å². The van der Waals surface area contributed by atoms with Crippen molar-refractivity contribution < 1.29 is 9.53 Å². The Balaban J connectivity index is 1.77. The Morgan fingerprint density at radius 3 is 2.72 bits per heavy atom. The molecule has 1 amide bonds. The van der Waals surface area contributed by atoms with Gasteiger partial charge in [-0.3, -0.25) is 14.0 Å². The number of anilines is 1. The van der Waals surface area contributed by atoms with Gasteiger partial charge in [0.15, 0.2) is 5.65 Å². The summed E-state index contributed by atoms with van der Waals surface area (Å²) in [5.41, 5.74) is 2.80. The molecule has 0 saturated carbocycles. The van der Waals surface area contributed by atoms with Crippen molar-refractivity contribution in [2.24, 2.45) is 0 Å². The second-order valence-corrected chi connectivity index (χ2v) is 7.50. The van der Waals surface area contributed by atoms with Gasteiger partial charge in [0, 0.05) is 33.0 Å². The Labute approximate surface area is 185 Å². The molecule has 164 valence electrons. The van der Waals surface area contributed by atoms with Crippen molar-refractivity contribution in [3.63, 3.8) is 0 Å².